The average molecular weight is 453 g/mol. The molecule has 1 heterocycles. The summed E-state index contributed by atoms with van der Waals surface area (Å²) in [5.41, 5.74) is 1.78. The molecule has 25 heavy (non-hydrogen) atoms. The lowest BCUT2D eigenvalue weighted by Crippen LogP contribution is -2.38. The van der Waals surface area contributed by atoms with Crippen molar-refractivity contribution in [2.45, 2.75) is 32.6 Å². The lowest BCUT2D eigenvalue weighted by molar-refractivity contribution is 0.505. The van der Waals surface area contributed by atoms with Crippen LogP contribution < -0.4 is 10.6 Å². The Morgan fingerprint density at radius 2 is 1.92 bits per heavy atom. The van der Waals surface area contributed by atoms with Crippen molar-refractivity contribution in [3.8, 4) is 0 Å². The molecule has 5 heteroatoms. The van der Waals surface area contributed by atoms with Crippen molar-refractivity contribution in [3.05, 3.63) is 60.1 Å². The molecule has 2 aromatic rings. The van der Waals surface area contributed by atoms with Crippen molar-refractivity contribution in [1.82, 2.24) is 10.6 Å². The summed E-state index contributed by atoms with van der Waals surface area (Å²) in [4.78, 5) is 4.83. The van der Waals surface area contributed by atoms with Crippen molar-refractivity contribution in [2.75, 3.05) is 19.6 Å². The first-order valence-electron chi connectivity index (χ1n) is 8.88. The van der Waals surface area contributed by atoms with Crippen LogP contribution >= 0.6 is 24.0 Å². The quantitative estimate of drug-likeness (QED) is 0.361. The van der Waals surface area contributed by atoms with E-state index in [-0.39, 0.29) is 24.0 Å². The third kappa shape index (κ3) is 6.38. The average Bonchev–Trinajstić information content (AvgIpc) is 3.16. The van der Waals surface area contributed by atoms with E-state index in [1.165, 1.54) is 18.4 Å². The molecule has 1 aromatic carbocycles. The molecule has 0 amide bonds. The number of furan rings is 1. The first-order chi connectivity index (χ1) is 11.8. The Morgan fingerprint density at radius 1 is 1.12 bits per heavy atom. The van der Waals surface area contributed by atoms with E-state index in [1.807, 2.05) is 12.1 Å². The summed E-state index contributed by atoms with van der Waals surface area (Å²) in [5.74, 6) is 1.91. The number of guanidine groups is 1. The maximum Gasteiger partial charge on any atom is 0.191 e. The number of nitrogens with one attached hydrogen (secondary N) is 2. The topological polar surface area (TPSA) is 49.6 Å². The molecule has 0 bridgehead atoms. The molecule has 1 aliphatic carbocycles. The van der Waals surface area contributed by atoms with Crippen LogP contribution in [0, 0.1) is 5.41 Å². The van der Waals surface area contributed by atoms with E-state index in [0.717, 1.165) is 44.2 Å². The summed E-state index contributed by atoms with van der Waals surface area (Å²) >= 11 is 0. The number of benzene rings is 1. The predicted molar refractivity (Wildman–Crippen MR) is 114 cm³/mol. The number of halogens is 1. The summed E-state index contributed by atoms with van der Waals surface area (Å²) in [6, 6.07) is 14.7. The SMILES string of the molecule is CCNC(=NCC1(Cc2ccccc2)CC1)NCCc1ccco1.I. The van der Waals surface area contributed by atoms with Crippen molar-refractivity contribution >= 4 is 29.9 Å². The van der Waals surface area contributed by atoms with Gasteiger partial charge in [0.2, 0.25) is 0 Å². The van der Waals surface area contributed by atoms with Crippen LogP contribution in [0.3, 0.4) is 0 Å². The van der Waals surface area contributed by atoms with Gasteiger partial charge in [-0.3, -0.25) is 4.99 Å². The van der Waals surface area contributed by atoms with E-state index >= 15 is 0 Å². The molecule has 2 N–H and O–H groups in total. The van der Waals surface area contributed by atoms with Crippen LogP contribution in [0.4, 0.5) is 0 Å². The highest BCUT2D eigenvalue weighted by Crippen LogP contribution is 2.48. The highest BCUT2D eigenvalue weighted by atomic mass is 127. The van der Waals surface area contributed by atoms with Gasteiger partial charge in [-0.15, -0.1) is 24.0 Å². The third-order valence-electron chi connectivity index (χ3n) is 4.54. The van der Waals surface area contributed by atoms with Crippen molar-refractivity contribution in [3.63, 3.8) is 0 Å². The van der Waals surface area contributed by atoms with Gasteiger partial charge in [0, 0.05) is 26.1 Å². The van der Waals surface area contributed by atoms with Crippen LogP contribution in [-0.2, 0) is 12.8 Å². The Labute approximate surface area is 167 Å². The highest BCUT2D eigenvalue weighted by Gasteiger charge is 2.42. The zero-order chi connectivity index (χ0) is 16.7. The fraction of sp³-hybridized carbons (Fsp3) is 0.450. The Morgan fingerprint density at radius 3 is 2.56 bits per heavy atom. The van der Waals surface area contributed by atoms with Crippen molar-refractivity contribution in [2.24, 2.45) is 10.4 Å². The van der Waals surface area contributed by atoms with Gasteiger partial charge in [0.25, 0.3) is 0 Å². The van der Waals surface area contributed by atoms with E-state index in [0.29, 0.717) is 5.41 Å². The van der Waals surface area contributed by atoms with E-state index in [1.54, 1.807) is 6.26 Å². The molecule has 1 aliphatic rings. The lowest BCUT2D eigenvalue weighted by atomic mass is 9.97. The normalized spacial score (nSPS) is 15.3. The molecule has 1 aromatic heterocycles. The predicted octanol–water partition coefficient (Wildman–Crippen LogP) is 4.02. The molecule has 0 unspecified atom stereocenters. The van der Waals surface area contributed by atoms with Gasteiger partial charge in [0.1, 0.15) is 5.76 Å². The van der Waals surface area contributed by atoms with Crippen molar-refractivity contribution in [1.29, 1.82) is 0 Å². The Hall–Kier alpha value is -1.50. The smallest absolute Gasteiger partial charge is 0.191 e. The molecule has 1 fully saturated rings. The van der Waals surface area contributed by atoms with Gasteiger partial charge in [-0.2, -0.15) is 0 Å². The first kappa shape index (κ1) is 19.8. The van der Waals surface area contributed by atoms with Crippen LogP contribution in [0.15, 0.2) is 58.1 Å². The number of nitrogens with zero attached hydrogens (tertiary/aromatic N) is 1. The fourth-order valence-electron chi connectivity index (χ4n) is 2.94. The summed E-state index contributed by atoms with van der Waals surface area (Å²) in [5, 5.41) is 6.74. The minimum atomic E-state index is 0. The maximum absolute atomic E-state index is 5.37. The van der Waals surface area contributed by atoms with Crippen LogP contribution in [0.5, 0.6) is 0 Å². The van der Waals surface area contributed by atoms with Crippen LogP contribution in [0.2, 0.25) is 0 Å². The summed E-state index contributed by atoms with van der Waals surface area (Å²) in [6.07, 6.45) is 6.26. The Balaban J connectivity index is 0.00000225. The number of hydrogen-bond acceptors (Lipinski definition) is 2. The second-order valence-electron chi connectivity index (χ2n) is 6.61. The van der Waals surface area contributed by atoms with Gasteiger partial charge < -0.3 is 15.1 Å². The minimum absolute atomic E-state index is 0. The molecule has 4 nitrogen and oxygen atoms in total. The minimum Gasteiger partial charge on any atom is -0.469 e. The summed E-state index contributed by atoms with van der Waals surface area (Å²) < 4.78 is 5.37. The van der Waals surface area contributed by atoms with Gasteiger partial charge in [-0.25, -0.2) is 0 Å². The molecule has 0 saturated heterocycles. The third-order valence-corrected chi connectivity index (χ3v) is 4.54. The fourth-order valence-corrected chi connectivity index (χ4v) is 2.94. The molecular weight excluding hydrogens is 425 g/mol. The number of aliphatic imine (C=N–C) groups is 1. The summed E-state index contributed by atoms with van der Waals surface area (Å²) in [7, 11) is 0. The molecule has 1 saturated carbocycles. The molecule has 136 valence electrons. The monoisotopic (exact) mass is 453 g/mol. The first-order valence-corrected chi connectivity index (χ1v) is 8.88. The zero-order valence-corrected chi connectivity index (χ0v) is 17.2. The van der Waals surface area contributed by atoms with Gasteiger partial charge in [-0.1, -0.05) is 30.3 Å². The summed E-state index contributed by atoms with van der Waals surface area (Å²) in [6.45, 7) is 4.68. The van der Waals surface area contributed by atoms with Gasteiger partial charge in [0.05, 0.1) is 6.26 Å². The van der Waals surface area contributed by atoms with Crippen molar-refractivity contribution < 1.29 is 4.42 Å². The van der Waals surface area contributed by atoms with Crippen LogP contribution in [0.25, 0.3) is 0 Å². The van der Waals surface area contributed by atoms with E-state index < -0.39 is 0 Å². The van der Waals surface area contributed by atoms with Gasteiger partial charge in [0.15, 0.2) is 5.96 Å². The van der Waals surface area contributed by atoms with E-state index in [2.05, 4.69) is 47.9 Å². The molecule has 0 aliphatic heterocycles. The van der Waals surface area contributed by atoms with E-state index in [9.17, 15) is 0 Å². The molecule has 0 spiro atoms. The maximum atomic E-state index is 5.37. The van der Waals surface area contributed by atoms with Gasteiger partial charge in [-0.05, 0) is 49.3 Å². The highest BCUT2D eigenvalue weighted by molar-refractivity contribution is 14.0. The van der Waals surface area contributed by atoms with Crippen LogP contribution in [0.1, 0.15) is 31.1 Å². The lowest BCUT2D eigenvalue weighted by Gasteiger charge is -2.15. The van der Waals surface area contributed by atoms with E-state index in [4.69, 9.17) is 9.41 Å². The van der Waals surface area contributed by atoms with Crippen LogP contribution in [-0.4, -0.2) is 25.6 Å². The number of hydrogen-bond donors (Lipinski definition) is 2. The standard InChI is InChI=1S/C20H27N3O.HI/c1-2-21-19(22-13-10-18-9-6-14-24-18)23-16-20(11-12-20)15-17-7-4-3-5-8-17;/h3-9,14H,2,10-13,15-16H2,1H3,(H2,21,22,23);1H. The molecular formula is C20H28IN3O. The second-order valence-corrected chi connectivity index (χ2v) is 6.61. The molecule has 3 rings (SSSR count). The van der Waals surface area contributed by atoms with Gasteiger partial charge >= 0.3 is 0 Å². The Kier molecular flexibility index (Phi) is 7.81. The molecule has 0 atom stereocenters. The Bertz CT molecular complexity index is 636. The zero-order valence-electron chi connectivity index (χ0n) is 14.8. The number of rotatable bonds is 8. The second kappa shape index (κ2) is 9.85. The molecule has 0 radical (unpaired) electrons. The largest absolute Gasteiger partial charge is 0.469 e.